The predicted octanol–water partition coefficient (Wildman–Crippen LogP) is 3.50. The average Bonchev–Trinajstić information content (AvgIpc) is 2.78. The number of ketones is 1. The van der Waals surface area contributed by atoms with Gasteiger partial charge in [-0.2, -0.15) is 0 Å². The molecule has 1 aliphatic heterocycles. The second kappa shape index (κ2) is 5.73. The molecule has 0 aromatic carbocycles. The van der Waals surface area contributed by atoms with Crippen LogP contribution in [0, 0.1) is 17.3 Å². The molecule has 2 fully saturated rings. The molecule has 2 nitrogen and oxygen atoms in total. The fourth-order valence-electron chi connectivity index (χ4n) is 3.46. The van der Waals surface area contributed by atoms with E-state index >= 15 is 0 Å². The maximum absolute atomic E-state index is 12.3. The van der Waals surface area contributed by atoms with Gasteiger partial charge < -0.3 is 0 Å². The van der Waals surface area contributed by atoms with Crippen molar-refractivity contribution in [2.75, 3.05) is 19.6 Å². The summed E-state index contributed by atoms with van der Waals surface area (Å²) in [5.41, 5.74) is 0.392. The minimum absolute atomic E-state index is 0.382. The van der Waals surface area contributed by atoms with Gasteiger partial charge >= 0.3 is 0 Å². The lowest BCUT2D eigenvalue weighted by Gasteiger charge is -2.27. The van der Waals surface area contributed by atoms with E-state index in [0.717, 1.165) is 38.4 Å². The summed E-state index contributed by atoms with van der Waals surface area (Å²) in [4.78, 5) is 14.7. The minimum atomic E-state index is 0.382. The van der Waals surface area contributed by atoms with Gasteiger partial charge in [-0.3, -0.25) is 9.69 Å². The third-order valence-corrected chi connectivity index (χ3v) is 4.94. The maximum Gasteiger partial charge on any atom is 0.149 e. The molecule has 0 aromatic heterocycles. The third kappa shape index (κ3) is 3.57. The van der Waals surface area contributed by atoms with Gasteiger partial charge in [-0.25, -0.2) is 0 Å². The Bertz CT molecular complexity index is 286. The van der Waals surface area contributed by atoms with Crippen LogP contribution in [0.5, 0.6) is 0 Å². The van der Waals surface area contributed by atoms with Crippen molar-refractivity contribution in [1.29, 1.82) is 0 Å². The van der Waals surface area contributed by atoms with Gasteiger partial charge in [-0.15, -0.1) is 0 Å². The molecule has 0 radical (unpaired) electrons. The first-order valence-electron chi connectivity index (χ1n) is 7.72. The summed E-state index contributed by atoms with van der Waals surface area (Å²) in [6.07, 6.45) is 7.42. The number of Topliss-reactive ketones (excluding diaryl/α,β-unsaturated/α-hetero) is 1. The number of hydrogen-bond acceptors (Lipinski definition) is 2. The molecule has 0 amide bonds. The first kappa shape index (κ1) is 14.0. The molecular formula is C16H29NO. The Morgan fingerprint density at radius 3 is 2.33 bits per heavy atom. The van der Waals surface area contributed by atoms with Crippen LogP contribution in [0.2, 0.25) is 0 Å². The molecule has 2 aliphatic rings. The molecule has 0 spiro atoms. The van der Waals surface area contributed by atoms with Gasteiger partial charge in [0.25, 0.3) is 0 Å². The van der Waals surface area contributed by atoms with Crippen molar-refractivity contribution in [3.63, 3.8) is 0 Å². The molecule has 0 aromatic rings. The smallest absolute Gasteiger partial charge is 0.149 e. The summed E-state index contributed by atoms with van der Waals surface area (Å²) in [5.74, 6) is 1.66. The fourth-order valence-corrected chi connectivity index (χ4v) is 3.46. The van der Waals surface area contributed by atoms with E-state index in [4.69, 9.17) is 0 Å². The zero-order valence-electron chi connectivity index (χ0n) is 12.4. The molecule has 1 unspecified atom stereocenters. The molecule has 2 rings (SSSR count). The normalized spacial score (nSPS) is 27.6. The Morgan fingerprint density at radius 1 is 1.11 bits per heavy atom. The third-order valence-electron chi connectivity index (χ3n) is 4.94. The second-order valence-corrected chi connectivity index (χ2v) is 7.39. The Morgan fingerprint density at radius 2 is 1.78 bits per heavy atom. The number of likely N-dealkylation sites (tertiary alicyclic amines) is 1. The maximum atomic E-state index is 12.3. The summed E-state index contributed by atoms with van der Waals surface area (Å²) in [7, 11) is 0. The largest absolute Gasteiger partial charge is 0.298 e. The highest BCUT2D eigenvalue weighted by Gasteiger charge is 2.33. The van der Waals surface area contributed by atoms with Crippen LogP contribution in [0.15, 0.2) is 0 Å². The lowest BCUT2D eigenvalue weighted by Crippen LogP contribution is -2.33. The zero-order chi connectivity index (χ0) is 13.2. The van der Waals surface area contributed by atoms with Crippen molar-refractivity contribution in [3.8, 4) is 0 Å². The molecule has 1 saturated carbocycles. The average molecular weight is 251 g/mol. The molecule has 0 bridgehead atoms. The van der Waals surface area contributed by atoms with Crippen LogP contribution < -0.4 is 0 Å². The van der Waals surface area contributed by atoms with Crippen LogP contribution in [-0.2, 0) is 4.79 Å². The Kier molecular flexibility index (Phi) is 4.47. The molecule has 1 saturated heterocycles. The van der Waals surface area contributed by atoms with Crippen molar-refractivity contribution in [2.45, 2.75) is 59.3 Å². The Balaban J connectivity index is 1.78. The highest BCUT2D eigenvalue weighted by molar-refractivity contribution is 5.83. The van der Waals surface area contributed by atoms with E-state index in [-0.39, 0.29) is 0 Å². The van der Waals surface area contributed by atoms with Crippen LogP contribution in [0.1, 0.15) is 59.3 Å². The van der Waals surface area contributed by atoms with Crippen molar-refractivity contribution >= 4 is 5.78 Å². The van der Waals surface area contributed by atoms with Gasteiger partial charge in [0.05, 0.1) is 6.54 Å². The Labute approximate surface area is 112 Å². The quantitative estimate of drug-likeness (QED) is 0.765. The highest BCUT2D eigenvalue weighted by atomic mass is 16.1. The molecule has 18 heavy (non-hydrogen) atoms. The van der Waals surface area contributed by atoms with Gasteiger partial charge in [0.2, 0.25) is 0 Å². The van der Waals surface area contributed by atoms with E-state index in [9.17, 15) is 4.79 Å². The molecule has 1 aliphatic carbocycles. The minimum Gasteiger partial charge on any atom is -0.298 e. The Hall–Kier alpha value is -0.370. The van der Waals surface area contributed by atoms with E-state index in [2.05, 4.69) is 25.7 Å². The van der Waals surface area contributed by atoms with E-state index < -0.39 is 0 Å². The SMILES string of the molecule is CC(C)(C)C1CCN(CC(=O)C2CCCCC2)C1. The topological polar surface area (TPSA) is 20.3 Å². The zero-order valence-corrected chi connectivity index (χ0v) is 12.4. The summed E-state index contributed by atoms with van der Waals surface area (Å²) in [6.45, 7) is 9.94. The number of carbonyl (C=O) groups is 1. The number of nitrogens with zero attached hydrogens (tertiary/aromatic N) is 1. The summed E-state index contributed by atoms with van der Waals surface area (Å²) < 4.78 is 0. The monoisotopic (exact) mass is 251 g/mol. The molecule has 1 heterocycles. The van der Waals surface area contributed by atoms with Crippen LogP contribution in [0.3, 0.4) is 0 Å². The number of carbonyl (C=O) groups excluding carboxylic acids is 1. The van der Waals surface area contributed by atoms with Crippen LogP contribution in [-0.4, -0.2) is 30.3 Å². The van der Waals surface area contributed by atoms with Gasteiger partial charge in [-0.05, 0) is 37.1 Å². The summed E-state index contributed by atoms with van der Waals surface area (Å²) in [6, 6.07) is 0. The first-order valence-corrected chi connectivity index (χ1v) is 7.72. The summed E-state index contributed by atoms with van der Waals surface area (Å²) >= 11 is 0. The number of rotatable bonds is 3. The van der Waals surface area contributed by atoms with Crippen molar-refractivity contribution in [1.82, 2.24) is 4.90 Å². The van der Waals surface area contributed by atoms with Crippen molar-refractivity contribution in [3.05, 3.63) is 0 Å². The summed E-state index contributed by atoms with van der Waals surface area (Å²) in [5, 5.41) is 0. The lowest BCUT2D eigenvalue weighted by atomic mass is 9.80. The lowest BCUT2D eigenvalue weighted by molar-refractivity contribution is -0.124. The molecule has 1 atom stereocenters. The van der Waals surface area contributed by atoms with Crippen LogP contribution >= 0.6 is 0 Å². The van der Waals surface area contributed by atoms with E-state index in [0.29, 0.717) is 17.1 Å². The van der Waals surface area contributed by atoms with E-state index in [1.54, 1.807) is 0 Å². The predicted molar refractivity (Wildman–Crippen MR) is 75.6 cm³/mol. The molecule has 0 N–H and O–H groups in total. The van der Waals surface area contributed by atoms with Gasteiger partial charge in [0, 0.05) is 12.5 Å². The molecule has 104 valence electrons. The van der Waals surface area contributed by atoms with Gasteiger partial charge in [0.15, 0.2) is 0 Å². The van der Waals surface area contributed by atoms with E-state index in [1.807, 2.05) is 0 Å². The fraction of sp³-hybridized carbons (Fsp3) is 0.938. The molecular weight excluding hydrogens is 222 g/mol. The van der Waals surface area contributed by atoms with Gasteiger partial charge in [0.1, 0.15) is 5.78 Å². The highest BCUT2D eigenvalue weighted by Crippen LogP contribution is 2.34. The number of hydrogen-bond donors (Lipinski definition) is 0. The van der Waals surface area contributed by atoms with Crippen molar-refractivity contribution < 1.29 is 4.79 Å². The van der Waals surface area contributed by atoms with Crippen molar-refractivity contribution in [2.24, 2.45) is 17.3 Å². The van der Waals surface area contributed by atoms with Gasteiger partial charge in [-0.1, -0.05) is 40.0 Å². The van der Waals surface area contributed by atoms with Crippen LogP contribution in [0.4, 0.5) is 0 Å². The second-order valence-electron chi connectivity index (χ2n) is 7.39. The molecule has 2 heteroatoms. The van der Waals surface area contributed by atoms with Crippen LogP contribution in [0.25, 0.3) is 0 Å². The van der Waals surface area contributed by atoms with E-state index in [1.165, 1.54) is 25.7 Å². The first-order chi connectivity index (χ1) is 8.47. The standard InChI is InChI=1S/C16H29NO/c1-16(2,3)14-9-10-17(11-14)12-15(18)13-7-5-4-6-8-13/h13-14H,4-12H2,1-3H3.